The predicted molar refractivity (Wildman–Crippen MR) is 90.3 cm³/mol. The first-order valence-corrected chi connectivity index (χ1v) is 9.82. The van der Waals surface area contributed by atoms with E-state index in [1.165, 1.54) is 16.7 Å². The zero-order valence-corrected chi connectivity index (χ0v) is 14.5. The number of aromatic amines is 1. The Morgan fingerprint density at radius 2 is 1.92 bits per heavy atom. The highest BCUT2D eigenvalue weighted by atomic mass is 32.2. The molecule has 0 bridgehead atoms. The molecule has 0 amide bonds. The summed E-state index contributed by atoms with van der Waals surface area (Å²) in [5, 5.41) is -0.412. The van der Waals surface area contributed by atoms with Crippen LogP contribution in [0.5, 0.6) is 0 Å². The SMILES string of the molecule is CS(=O)(=O)c1ccc(Cn2c(=O)[nH]c3c(N)nc(S(=O)O)nc32)cc1. The summed E-state index contributed by atoms with van der Waals surface area (Å²) in [6.07, 6.45) is 1.10. The number of nitrogens with zero attached hydrogens (tertiary/aromatic N) is 3. The third-order valence-corrected chi connectivity index (χ3v) is 5.10. The molecule has 2 aromatic heterocycles. The smallest absolute Gasteiger partial charge is 0.328 e. The number of hydrogen-bond donors (Lipinski definition) is 3. The predicted octanol–water partition coefficient (Wildman–Crippen LogP) is -0.266. The van der Waals surface area contributed by atoms with Gasteiger partial charge in [-0.05, 0) is 17.7 Å². The van der Waals surface area contributed by atoms with E-state index in [1.807, 2.05) is 0 Å². The van der Waals surface area contributed by atoms with Crippen LogP contribution in [0.2, 0.25) is 0 Å². The number of aromatic nitrogens is 4. The van der Waals surface area contributed by atoms with Crippen molar-refractivity contribution in [3.8, 4) is 0 Å². The Balaban J connectivity index is 2.08. The second-order valence-electron chi connectivity index (χ2n) is 5.27. The van der Waals surface area contributed by atoms with Crippen molar-refractivity contribution in [1.82, 2.24) is 19.5 Å². The number of imidazole rings is 1. The van der Waals surface area contributed by atoms with E-state index >= 15 is 0 Å². The van der Waals surface area contributed by atoms with Gasteiger partial charge in [0.05, 0.1) is 11.4 Å². The summed E-state index contributed by atoms with van der Waals surface area (Å²) in [7, 11) is -3.32. The maximum Gasteiger partial charge on any atom is 0.328 e. The summed E-state index contributed by atoms with van der Waals surface area (Å²) in [6, 6.07) is 6.00. The summed E-state index contributed by atoms with van der Waals surface area (Å²) in [4.78, 5) is 22.4. The van der Waals surface area contributed by atoms with Crippen molar-refractivity contribution >= 4 is 37.9 Å². The van der Waals surface area contributed by atoms with Crippen LogP contribution < -0.4 is 11.4 Å². The second-order valence-corrected chi connectivity index (χ2v) is 8.15. The Kier molecular flexibility index (Phi) is 4.18. The van der Waals surface area contributed by atoms with E-state index < -0.39 is 31.8 Å². The standard InChI is InChI=1S/C13H13N5O5S2/c1-25(22,23)8-4-2-7(3-5-8)6-18-11-9(15-13(18)19)10(14)16-12(17-11)24(20)21/h2-5H,6H2,1H3,(H,15,19)(H,20,21)(H2,14,16,17). The lowest BCUT2D eigenvalue weighted by Crippen LogP contribution is -2.18. The van der Waals surface area contributed by atoms with E-state index in [0.29, 0.717) is 5.56 Å². The molecule has 0 spiro atoms. The summed E-state index contributed by atoms with van der Waals surface area (Å²) in [5.74, 6) is -0.120. The molecule has 25 heavy (non-hydrogen) atoms. The van der Waals surface area contributed by atoms with Gasteiger partial charge in [0.2, 0.25) is 11.1 Å². The third-order valence-electron chi connectivity index (χ3n) is 3.48. The zero-order chi connectivity index (χ0) is 18.4. The van der Waals surface area contributed by atoms with Crippen molar-refractivity contribution in [3.05, 3.63) is 40.3 Å². The third kappa shape index (κ3) is 3.31. The van der Waals surface area contributed by atoms with Crippen molar-refractivity contribution in [2.75, 3.05) is 12.0 Å². The Bertz CT molecular complexity index is 1150. The van der Waals surface area contributed by atoms with Gasteiger partial charge in [-0.15, -0.1) is 0 Å². The summed E-state index contributed by atoms with van der Waals surface area (Å²) in [6.45, 7) is 0.0663. The van der Waals surface area contributed by atoms with Crippen LogP contribution in [0.1, 0.15) is 5.56 Å². The number of nitrogen functional groups attached to an aromatic ring is 1. The Labute approximate surface area is 143 Å². The fourth-order valence-corrected chi connectivity index (χ4v) is 3.25. The molecule has 0 aliphatic carbocycles. The Hall–Kier alpha value is -2.57. The van der Waals surface area contributed by atoms with Gasteiger partial charge in [0.1, 0.15) is 5.52 Å². The molecule has 1 unspecified atom stereocenters. The zero-order valence-electron chi connectivity index (χ0n) is 12.8. The summed E-state index contributed by atoms with van der Waals surface area (Å²) in [5.41, 5.74) is 6.05. The van der Waals surface area contributed by atoms with Crippen molar-refractivity contribution in [2.45, 2.75) is 16.6 Å². The lowest BCUT2D eigenvalue weighted by atomic mass is 10.2. The van der Waals surface area contributed by atoms with E-state index in [-0.39, 0.29) is 28.4 Å². The van der Waals surface area contributed by atoms with Gasteiger partial charge < -0.3 is 10.7 Å². The number of sulfone groups is 1. The number of nitrogens with two attached hydrogens (primary N) is 1. The monoisotopic (exact) mass is 383 g/mol. The average molecular weight is 383 g/mol. The largest absolute Gasteiger partial charge is 0.382 e. The maximum absolute atomic E-state index is 12.2. The fraction of sp³-hybridized carbons (Fsp3) is 0.154. The number of benzene rings is 1. The Morgan fingerprint density at radius 3 is 2.48 bits per heavy atom. The number of H-pyrrole nitrogens is 1. The quantitative estimate of drug-likeness (QED) is 0.410. The van der Waals surface area contributed by atoms with Crippen molar-refractivity contribution in [1.29, 1.82) is 0 Å². The van der Waals surface area contributed by atoms with Gasteiger partial charge in [-0.3, -0.25) is 9.12 Å². The lowest BCUT2D eigenvalue weighted by Gasteiger charge is -2.05. The molecule has 0 aliphatic heterocycles. The highest BCUT2D eigenvalue weighted by molar-refractivity contribution is 7.90. The molecule has 132 valence electrons. The van der Waals surface area contributed by atoms with Crippen LogP contribution in [0.25, 0.3) is 11.2 Å². The fourth-order valence-electron chi connectivity index (χ4n) is 2.28. The maximum atomic E-state index is 12.2. The molecule has 0 aliphatic rings. The van der Waals surface area contributed by atoms with E-state index in [1.54, 1.807) is 12.1 Å². The van der Waals surface area contributed by atoms with Crippen LogP contribution in [-0.2, 0) is 27.5 Å². The topological polar surface area (TPSA) is 161 Å². The molecule has 3 rings (SSSR count). The minimum absolute atomic E-state index is 0.0663. The highest BCUT2D eigenvalue weighted by Gasteiger charge is 2.16. The van der Waals surface area contributed by atoms with Crippen LogP contribution in [0.4, 0.5) is 5.82 Å². The van der Waals surface area contributed by atoms with Crippen molar-refractivity contribution < 1.29 is 17.2 Å². The molecule has 1 aromatic carbocycles. The first-order valence-electron chi connectivity index (χ1n) is 6.82. The van der Waals surface area contributed by atoms with Crippen molar-refractivity contribution in [2.24, 2.45) is 0 Å². The van der Waals surface area contributed by atoms with Gasteiger partial charge >= 0.3 is 5.69 Å². The molecule has 0 fully saturated rings. The van der Waals surface area contributed by atoms with Gasteiger partial charge in [0, 0.05) is 6.26 Å². The molecule has 10 nitrogen and oxygen atoms in total. The molecular formula is C13H13N5O5S2. The highest BCUT2D eigenvalue weighted by Crippen LogP contribution is 2.17. The Morgan fingerprint density at radius 1 is 1.28 bits per heavy atom. The minimum Gasteiger partial charge on any atom is -0.382 e. The van der Waals surface area contributed by atoms with Crippen LogP contribution in [0.3, 0.4) is 0 Å². The van der Waals surface area contributed by atoms with Crippen LogP contribution in [0.15, 0.2) is 39.1 Å². The molecule has 3 aromatic rings. The van der Waals surface area contributed by atoms with E-state index in [9.17, 15) is 17.4 Å². The van der Waals surface area contributed by atoms with Gasteiger partial charge in [0.25, 0.3) is 5.16 Å². The van der Waals surface area contributed by atoms with E-state index in [0.717, 1.165) is 6.26 Å². The van der Waals surface area contributed by atoms with Crippen LogP contribution in [0, 0.1) is 0 Å². The molecule has 1 atom stereocenters. The van der Waals surface area contributed by atoms with E-state index in [4.69, 9.17) is 10.3 Å². The number of hydrogen-bond acceptors (Lipinski definition) is 7. The first-order chi connectivity index (χ1) is 11.7. The molecule has 2 heterocycles. The van der Waals surface area contributed by atoms with Gasteiger partial charge in [0.15, 0.2) is 21.3 Å². The summed E-state index contributed by atoms with van der Waals surface area (Å²) >= 11 is -2.45. The molecule has 0 saturated carbocycles. The van der Waals surface area contributed by atoms with E-state index in [2.05, 4.69) is 15.0 Å². The van der Waals surface area contributed by atoms with Gasteiger partial charge in [-0.2, -0.15) is 9.97 Å². The molecule has 4 N–H and O–H groups in total. The molecular weight excluding hydrogens is 370 g/mol. The number of nitrogens with one attached hydrogen (secondary N) is 1. The number of anilines is 1. The molecule has 12 heteroatoms. The first kappa shape index (κ1) is 17.3. The van der Waals surface area contributed by atoms with Crippen LogP contribution >= 0.6 is 0 Å². The van der Waals surface area contributed by atoms with Gasteiger partial charge in [-0.1, -0.05) is 12.1 Å². The molecule has 0 radical (unpaired) electrons. The number of fused-ring (bicyclic) bond motifs is 1. The van der Waals surface area contributed by atoms with Crippen LogP contribution in [-0.4, -0.2) is 43.0 Å². The normalized spacial score (nSPS) is 13.2. The molecule has 0 saturated heterocycles. The van der Waals surface area contributed by atoms with Gasteiger partial charge in [-0.25, -0.2) is 17.4 Å². The number of rotatable bonds is 4. The summed E-state index contributed by atoms with van der Waals surface area (Å²) < 4.78 is 44.5. The second kappa shape index (κ2) is 6.06. The average Bonchev–Trinajstić information content (AvgIpc) is 2.84. The minimum atomic E-state index is -3.32. The van der Waals surface area contributed by atoms with Crippen molar-refractivity contribution in [3.63, 3.8) is 0 Å². The lowest BCUT2D eigenvalue weighted by molar-refractivity contribution is 0.555.